The van der Waals surface area contributed by atoms with Gasteiger partial charge < -0.3 is 14.8 Å². The van der Waals surface area contributed by atoms with E-state index in [0.29, 0.717) is 39.6 Å². The molecule has 0 radical (unpaired) electrons. The molecule has 5 rings (SSSR count). The number of rotatable bonds is 2. The molecule has 1 aromatic heterocycles. The molecule has 7 heteroatoms. The second-order valence-electron chi connectivity index (χ2n) is 6.81. The van der Waals surface area contributed by atoms with Crippen molar-refractivity contribution in [3.63, 3.8) is 0 Å². The molecule has 2 fully saturated rings. The van der Waals surface area contributed by atoms with E-state index in [9.17, 15) is 4.39 Å². The summed E-state index contributed by atoms with van der Waals surface area (Å²) in [4.78, 5) is 4.30. The predicted octanol–water partition coefficient (Wildman–Crippen LogP) is 3.87. The van der Waals surface area contributed by atoms with Crippen molar-refractivity contribution in [3.05, 3.63) is 52.6 Å². The van der Waals surface area contributed by atoms with Crippen LogP contribution < -0.4 is 14.8 Å². The number of nitrogens with zero attached hydrogens (tertiary/aromatic N) is 1. The number of piperidine rings is 1. The first-order valence-corrected chi connectivity index (χ1v) is 8.48. The van der Waals surface area contributed by atoms with Crippen LogP contribution >= 0.6 is 24.0 Å². The number of benzene rings is 1. The van der Waals surface area contributed by atoms with Crippen LogP contribution in [0.15, 0.2) is 30.5 Å². The largest absolute Gasteiger partial charge is 0.443 e. The number of hydrogen-bond donors (Lipinski definition) is 1. The van der Waals surface area contributed by atoms with E-state index in [4.69, 9.17) is 21.1 Å². The number of pyridine rings is 1. The first-order valence-electron chi connectivity index (χ1n) is 8.10. The van der Waals surface area contributed by atoms with Gasteiger partial charge in [-0.1, -0.05) is 11.6 Å². The van der Waals surface area contributed by atoms with E-state index < -0.39 is 5.79 Å². The summed E-state index contributed by atoms with van der Waals surface area (Å²) >= 11 is 5.90. The topological polar surface area (TPSA) is 43.4 Å². The van der Waals surface area contributed by atoms with Gasteiger partial charge in [-0.3, -0.25) is 4.98 Å². The Kier molecular flexibility index (Phi) is 3.87. The van der Waals surface area contributed by atoms with Gasteiger partial charge in [0, 0.05) is 18.7 Å². The Balaban J connectivity index is 0.00000157. The second-order valence-corrected chi connectivity index (χ2v) is 7.25. The maximum Gasteiger partial charge on any atom is 0.292 e. The predicted molar refractivity (Wildman–Crippen MR) is 94.1 cm³/mol. The number of ether oxygens (including phenoxy) is 2. The number of halogens is 3. The zero-order chi connectivity index (χ0) is 16.5. The Morgan fingerprint density at radius 1 is 1.20 bits per heavy atom. The normalized spacial score (nSPS) is 31.4. The Morgan fingerprint density at radius 2 is 1.96 bits per heavy atom. The summed E-state index contributed by atoms with van der Waals surface area (Å²) in [5.74, 6) is 1.01. The third kappa shape index (κ3) is 2.48. The van der Waals surface area contributed by atoms with Gasteiger partial charge in [0.25, 0.3) is 5.79 Å². The average molecular weight is 383 g/mol. The fourth-order valence-corrected chi connectivity index (χ4v) is 4.18. The zero-order valence-electron chi connectivity index (χ0n) is 13.5. The van der Waals surface area contributed by atoms with Crippen LogP contribution in [0, 0.1) is 17.7 Å². The highest BCUT2D eigenvalue weighted by Gasteiger charge is 2.57. The Hall–Kier alpha value is -1.56. The molecule has 1 N–H and O–H groups in total. The van der Waals surface area contributed by atoms with Gasteiger partial charge in [-0.2, -0.15) is 0 Å². The molecule has 3 aliphatic rings. The minimum Gasteiger partial charge on any atom is -0.443 e. The summed E-state index contributed by atoms with van der Waals surface area (Å²) < 4.78 is 26.7. The Bertz CT molecular complexity index is 823. The van der Waals surface area contributed by atoms with Crippen LogP contribution in [0.2, 0.25) is 5.02 Å². The molecular weight excluding hydrogens is 366 g/mol. The smallest absolute Gasteiger partial charge is 0.292 e. The third-order valence-electron chi connectivity index (χ3n) is 5.33. The van der Waals surface area contributed by atoms with Gasteiger partial charge in [0.15, 0.2) is 11.5 Å². The molecule has 3 heterocycles. The maximum atomic E-state index is 14.6. The molecule has 1 saturated heterocycles. The van der Waals surface area contributed by atoms with Gasteiger partial charge >= 0.3 is 0 Å². The van der Waals surface area contributed by atoms with Crippen LogP contribution in [-0.2, 0) is 5.79 Å². The number of aromatic nitrogens is 1. The van der Waals surface area contributed by atoms with Crippen LogP contribution in [0.4, 0.5) is 4.39 Å². The summed E-state index contributed by atoms with van der Waals surface area (Å²) in [7, 11) is 0. The van der Waals surface area contributed by atoms with E-state index in [-0.39, 0.29) is 24.1 Å². The van der Waals surface area contributed by atoms with Gasteiger partial charge in [0.1, 0.15) is 11.5 Å². The molecule has 1 saturated carbocycles. The summed E-state index contributed by atoms with van der Waals surface area (Å²) in [5.41, 5.74) is 1.26. The molecule has 0 spiro atoms. The van der Waals surface area contributed by atoms with Crippen molar-refractivity contribution < 1.29 is 13.9 Å². The SMILES string of the molecule is CC1(c2ccc(Cl)cn2)Oc2ccc(F)c(C3[C@H]4CNC[C@@H]34)c2O1.Cl. The quantitative estimate of drug-likeness (QED) is 0.855. The number of hydrogen-bond acceptors (Lipinski definition) is 4. The fraction of sp³-hybridized carbons (Fsp3) is 0.389. The minimum absolute atomic E-state index is 0. The van der Waals surface area contributed by atoms with E-state index >= 15 is 0 Å². The molecule has 1 aliphatic carbocycles. The van der Waals surface area contributed by atoms with E-state index in [2.05, 4.69) is 10.3 Å². The molecule has 4 nitrogen and oxygen atoms in total. The van der Waals surface area contributed by atoms with Crippen molar-refractivity contribution in [2.24, 2.45) is 11.8 Å². The average Bonchev–Trinajstić information content (AvgIpc) is 2.92. The van der Waals surface area contributed by atoms with Crippen molar-refractivity contribution in [1.29, 1.82) is 0 Å². The van der Waals surface area contributed by atoms with Gasteiger partial charge in [-0.05, 0) is 55.1 Å². The molecule has 2 aromatic rings. The maximum absolute atomic E-state index is 14.6. The molecule has 0 bridgehead atoms. The van der Waals surface area contributed by atoms with Crippen LogP contribution in [-0.4, -0.2) is 18.1 Å². The van der Waals surface area contributed by atoms with Crippen molar-refractivity contribution in [2.75, 3.05) is 13.1 Å². The van der Waals surface area contributed by atoms with Gasteiger partial charge in [0.05, 0.1) is 5.02 Å². The van der Waals surface area contributed by atoms with Gasteiger partial charge in [-0.15, -0.1) is 12.4 Å². The number of nitrogens with one attached hydrogen (secondary N) is 1. The highest BCUT2D eigenvalue weighted by Crippen LogP contribution is 2.61. The minimum atomic E-state index is -1.07. The van der Waals surface area contributed by atoms with Crippen LogP contribution in [0.25, 0.3) is 0 Å². The Morgan fingerprint density at radius 3 is 2.64 bits per heavy atom. The molecule has 2 aliphatic heterocycles. The molecular formula is C18H17Cl2FN2O2. The highest BCUT2D eigenvalue weighted by atomic mass is 35.5. The van der Waals surface area contributed by atoms with Gasteiger partial charge in [0.2, 0.25) is 0 Å². The van der Waals surface area contributed by atoms with Crippen molar-refractivity contribution in [2.45, 2.75) is 18.6 Å². The van der Waals surface area contributed by atoms with E-state index in [1.54, 1.807) is 31.3 Å². The summed E-state index contributed by atoms with van der Waals surface area (Å²) in [5, 5.41) is 3.88. The lowest BCUT2D eigenvalue weighted by molar-refractivity contribution is -0.0721. The summed E-state index contributed by atoms with van der Waals surface area (Å²) in [6.07, 6.45) is 1.55. The van der Waals surface area contributed by atoms with Crippen molar-refractivity contribution in [3.8, 4) is 11.5 Å². The molecule has 25 heavy (non-hydrogen) atoms. The van der Waals surface area contributed by atoms with E-state index in [1.807, 2.05) is 0 Å². The van der Waals surface area contributed by atoms with Gasteiger partial charge in [-0.25, -0.2) is 4.39 Å². The zero-order valence-corrected chi connectivity index (χ0v) is 15.0. The lowest BCUT2D eigenvalue weighted by Gasteiger charge is -2.22. The van der Waals surface area contributed by atoms with E-state index in [0.717, 1.165) is 13.1 Å². The first kappa shape index (κ1) is 16.9. The van der Waals surface area contributed by atoms with Crippen LogP contribution in [0.3, 0.4) is 0 Å². The van der Waals surface area contributed by atoms with Crippen LogP contribution in [0.1, 0.15) is 24.1 Å². The third-order valence-corrected chi connectivity index (χ3v) is 5.55. The molecule has 132 valence electrons. The lowest BCUT2D eigenvalue weighted by atomic mass is 10.0. The fourth-order valence-electron chi connectivity index (χ4n) is 4.07. The molecule has 1 aromatic carbocycles. The van der Waals surface area contributed by atoms with Crippen LogP contribution in [0.5, 0.6) is 11.5 Å². The van der Waals surface area contributed by atoms with Crippen molar-refractivity contribution in [1.82, 2.24) is 10.3 Å². The van der Waals surface area contributed by atoms with E-state index in [1.165, 1.54) is 6.07 Å². The summed E-state index contributed by atoms with van der Waals surface area (Å²) in [6, 6.07) is 6.61. The second kappa shape index (κ2) is 5.73. The Labute approximate surface area is 156 Å². The molecule has 0 amide bonds. The molecule has 4 atom stereocenters. The lowest BCUT2D eigenvalue weighted by Crippen LogP contribution is -2.32. The monoisotopic (exact) mass is 382 g/mol. The molecule has 2 unspecified atom stereocenters. The van der Waals surface area contributed by atoms with Crippen molar-refractivity contribution >= 4 is 24.0 Å². The highest BCUT2D eigenvalue weighted by molar-refractivity contribution is 6.30. The first-order chi connectivity index (χ1) is 11.6. The standard InChI is InChI=1S/C18H16ClFN2O2.ClH/c1-18(14-5-2-9(19)6-22-14)23-13-4-3-12(20)16(17(13)24-18)15-10-7-21-8-11(10)15;/h2-6,10-11,15,21H,7-8H2,1H3;1H/t10-,11+,15?,18?;. The number of fused-ring (bicyclic) bond motifs is 2. The summed E-state index contributed by atoms with van der Waals surface area (Å²) in [6.45, 7) is 3.67.